The van der Waals surface area contributed by atoms with E-state index in [9.17, 15) is 4.79 Å². The molecule has 0 saturated carbocycles. The van der Waals surface area contributed by atoms with Gasteiger partial charge >= 0.3 is 0 Å². The van der Waals surface area contributed by atoms with Gasteiger partial charge in [0.1, 0.15) is 5.69 Å². The van der Waals surface area contributed by atoms with E-state index in [0.717, 1.165) is 25.1 Å². The van der Waals surface area contributed by atoms with E-state index < -0.39 is 0 Å². The summed E-state index contributed by atoms with van der Waals surface area (Å²) < 4.78 is 5.65. The smallest absolute Gasteiger partial charge is 0.270 e. The Kier molecular flexibility index (Phi) is 4.60. The number of nitrogens with one attached hydrogen (secondary N) is 2. The predicted molar refractivity (Wildman–Crippen MR) is 78.9 cm³/mol. The normalized spacial score (nSPS) is 21.2. The van der Waals surface area contributed by atoms with Gasteiger partial charge in [-0.1, -0.05) is 0 Å². The number of aromatic nitrogens is 1. The number of carbonyl (C=O) groups excluding carboxylic acids is 1. The van der Waals surface area contributed by atoms with Crippen LogP contribution in [0, 0.1) is 0 Å². The van der Waals surface area contributed by atoms with Crippen LogP contribution in [0.25, 0.3) is 0 Å². The zero-order valence-electron chi connectivity index (χ0n) is 12.4. The molecule has 20 heavy (non-hydrogen) atoms. The molecule has 110 valence electrons. The minimum atomic E-state index is -0.168. The first-order chi connectivity index (χ1) is 9.50. The van der Waals surface area contributed by atoms with E-state index in [2.05, 4.69) is 29.5 Å². The van der Waals surface area contributed by atoms with Gasteiger partial charge in [-0.3, -0.25) is 4.79 Å². The third-order valence-electron chi connectivity index (χ3n) is 3.41. The zero-order valence-corrected chi connectivity index (χ0v) is 12.4. The van der Waals surface area contributed by atoms with Gasteiger partial charge in [0, 0.05) is 19.2 Å². The minimum Gasteiger partial charge on any atom is -0.384 e. The monoisotopic (exact) mass is 277 g/mol. The summed E-state index contributed by atoms with van der Waals surface area (Å²) >= 11 is 0. The van der Waals surface area contributed by atoms with Crippen LogP contribution in [0.2, 0.25) is 0 Å². The maximum Gasteiger partial charge on any atom is 0.270 e. The van der Waals surface area contributed by atoms with Gasteiger partial charge in [0.05, 0.1) is 17.5 Å². The molecule has 2 N–H and O–H groups in total. The first kappa shape index (κ1) is 14.8. The predicted octanol–water partition coefficient (Wildman–Crippen LogP) is 2.20. The largest absolute Gasteiger partial charge is 0.384 e. The Hall–Kier alpha value is -1.62. The van der Waals surface area contributed by atoms with Crippen LogP contribution in [0.5, 0.6) is 0 Å². The van der Waals surface area contributed by atoms with Gasteiger partial charge in [-0.2, -0.15) is 0 Å². The zero-order chi connectivity index (χ0) is 14.6. The highest BCUT2D eigenvalue weighted by atomic mass is 16.5. The molecule has 0 aliphatic carbocycles. The number of carbonyl (C=O) groups is 1. The molecule has 1 saturated heterocycles. The molecule has 5 nitrogen and oxygen atoms in total. The molecule has 0 bridgehead atoms. The van der Waals surface area contributed by atoms with E-state index >= 15 is 0 Å². The number of nitrogens with zero attached hydrogens (tertiary/aromatic N) is 1. The fourth-order valence-corrected chi connectivity index (χ4v) is 2.45. The second-order valence-corrected chi connectivity index (χ2v) is 5.73. The summed E-state index contributed by atoms with van der Waals surface area (Å²) in [7, 11) is 0. The van der Waals surface area contributed by atoms with Crippen molar-refractivity contribution in [2.24, 2.45) is 0 Å². The molecule has 1 aromatic rings. The van der Waals surface area contributed by atoms with Gasteiger partial charge in [0.15, 0.2) is 0 Å². The maximum atomic E-state index is 12.2. The average molecular weight is 277 g/mol. The van der Waals surface area contributed by atoms with Crippen molar-refractivity contribution in [1.29, 1.82) is 0 Å². The fraction of sp³-hybridized carbons (Fsp3) is 0.600. The Morgan fingerprint density at radius 3 is 2.90 bits per heavy atom. The Morgan fingerprint density at radius 1 is 1.50 bits per heavy atom. The highest BCUT2D eigenvalue weighted by molar-refractivity contribution is 5.92. The molecular weight excluding hydrogens is 254 g/mol. The van der Waals surface area contributed by atoms with E-state index in [1.54, 1.807) is 12.3 Å². The van der Waals surface area contributed by atoms with E-state index in [0.29, 0.717) is 12.3 Å². The fourth-order valence-electron chi connectivity index (χ4n) is 2.45. The highest BCUT2D eigenvalue weighted by Gasteiger charge is 2.29. The van der Waals surface area contributed by atoms with E-state index in [-0.39, 0.29) is 17.6 Å². The van der Waals surface area contributed by atoms with Crippen molar-refractivity contribution >= 4 is 11.6 Å². The molecule has 0 radical (unpaired) electrons. The van der Waals surface area contributed by atoms with Crippen LogP contribution in [-0.4, -0.2) is 35.7 Å². The van der Waals surface area contributed by atoms with Gasteiger partial charge < -0.3 is 15.4 Å². The topological polar surface area (TPSA) is 63.2 Å². The Morgan fingerprint density at radius 2 is 2.30 bits per heavy atom. The van der Waals surface area contributed by atoms with Gasteiger partial charge in [-0.25, -0.2) is 4.98 Å². The van der Waals surface area contributed by atoms with Crippen LogP contribution in [0.15, 0.2) is 18.3 Å². The summed E-state index contributed by atoms with van der Waals surface area (Å²) in [5.74, 6) is -0.115. The molecular formula is C15H23N3O2. The molecule has 1 aromatic heterocycles. The van der Waals surface area contributed by atoms with Crippen molar-refractivity contribution in [3.8, 4) is 0 Å². The highest BCUT2D eigenvalue weighted by Crippen LogP contribution is 2.24. The standard InChI is InChI=1S/C15H23N3O2/c1-4-16-12-5-6-13(17-10-12)14(19)18-11-7-8-20-15(2,3)9-11/h5-6,10-11,16H,4,7-9H2,1-3H3,(H,18,19). The lowest BCUT2D eigenvalue weighted by Gasteiger charge is -2.35. The Bertz CT molecular complexity index is 457. The van der Waals surface area contributed by atoms with Gasteiger partial charge in [0.2, 0.25) is 0 Å². The average Bonchev–Trinajstić information content (AvgIpc) is 2.38. The number of hydrogen-bond donors (Lipinski definition) is 2. The third kappa shape index (κ3) is 3.93. The van der Waals surface area contributed by atoms with E-state index in [4.69, 9.17) is 4.74 Å². The molecule has 1 aliphatic heterocycles. The Balaban J connectivity index is 1.94. The molecule has 1 amide bonds. The van der Waals surface area contributed by atoms with Crippen molar-refractivity contribution in [1.82, 2.24) is 10.3 Å². The molecule has 0 spiro atoms. The quantitative estimate of drug-likeness (QED) is 0.885. The van der Waals surface area contributed by atoms with Crippen LogP contribution >= 0.6 is 0 Å². The van der Waals surface area contributed by atoms with Crippen LogP contribution in [0.1, 0.15) is 44.1 Å². The summed E-state index contributed by atoms with van der Waals surface area (Å²) in [4.78, 5) is 16.4. The van der Waals surface area contributed by atoms with Gasteiger partial charge in [-0.05, 0) is 45.7 Å². The van der Waals surface area contributed by atoms with E-state index in [1.807, 2.05) is 13.0 Å². The second kappa shape index (κ2) is 6.22. The Labute approximate surface area is 120 Å². The summed E-state index contributed by atoms with van der Waals surface area (Å²) in [6.45, 7) is 7.65. The number of anilines is 1. The molecule has 0 aromatic carbocycles. The lowest BCUT2D eigenvalue weighted by molar-refractivity contribution is -0.0615. The summed E-state index contributed by atoms with van der Waals surface area (Å²) in [6.07, 6.45) is 3.37. The molecule has 5 heteroatoms. The minimum absolute atomic E-state index is 0.115. The van der Waals surface area contributed by atoms with Crippen molar-refractivity contribution in [2.45, 2.75) is 45.3 Å². The number of ether oxygens (including phenoxy) is 1. The number of amides is 1. The molecule has 1 atom stereocenters. The number of hydrogen-bond acceptors (Lipinski definition) is 4. The second-order valence-electron chi connectivity index (χ2n) is 5.73. The van der Waals surface area contributed by atoms with Crippen molar-refractivity contribution in [3.05, 3.63) is 24.0 Å². The van der Waals surface area contributed by atoms with Crippen LogP contribution < -0.4 is 10.6 Å². The maximum absolute atomic E-state index is 12.2. The SMILES string of the molecule is CCNc1ccc(C(=O)NC2CCOC(C)(C)C2)nc1. The lowest BCUT2D eigenvalue weighted by Crippen LogP contribution is -2.45. The third-order valence-corrected chi connectivity index (χ3v) is 3.41. The lowest BCUT2D eigenvalue weighted by atomic mass is 9.94. The van der Waals surface area contributed by atoms with Crippen molar-refractivity contribution < 1.29 is 9.53 Å². The van der Waals surface area contributed by atoms with E-state index in [1.165, 1.54) is 0 Å². The summed E-state index contributed by atoms with van der Waals surface area (Å²) in [5, 5.41) is 6.20. The summed E-state index contributed by atoms with van der Waals surface area (Å²) in [6, 6.07) is 3.78. The first-order valence-electron chi connectivity index (χ1n) is 7.15. The number of rotatable bonds is 4. The molecule has 1 aliphatic rings. The first-order valence-corrected chi connectivity index (χ1v) is 7.15. The molecule has 1 fully saturated rings. The van der Waals surface area contributed by atoms with Gasteiger partial charge in [-0.15, -0.1) is 0 Å². The van der Waals surface area contributed by atoms with Crippen molar-refractivity contribution in [2.75, 3.05) is 18.5 Å². The van der Waals surface area contributed by atoms with Crippen LogP contribution in [-0.2, 0) is 4.74 Å². The molecule has 1 unspecified atom stereocenters. The summed E-state index contributed by atoms with van der Waals surface area (Å²) in [5.41, 5.74) is 1.21. The molecule has 2 heterocycles. The van der Waals surface area contributed by atoms with Crippen LogP contribution in [0.4, 0.5) is 5.69 Å². The van der Waals surface area contributed by atoms with Gasteiger partial charge in [0.25, 0.3) is 5.91 Å². The molecule has 2 rings (SSSR count). The van der Waals surface area contributed by atoms with Crippen molar-refractivity contribution in [3.63, 3.8) is 0 Å². The number of pyridine rings is 1. The van der Waals surface area contributed by atoms with Crippen LogP contribution in [0.3, 0.4) is 0 Å².